The number of carbonyl (C=O) groups excluding carboxylic acids is 1. The van der Waals surface area contributed by atoms with Crippen LogP contribution in [0.25, 0.3) is 10.9 Å². The van der Waals surface area contributed by atoms with Gasteiger partial charge in [-0.25, -0.2) is 0 Å². The first-order valence-corrected chi connectivity index (χ1v) is 9.62. The molecule has 0 atom stereocenters. The van der Waals surface area contributed by atoms with Crippen molar-refractivity contribution in [2.75, 3.05) is 20.2 Å². The number of hydrogen-bond donors (Lipinski definition) is 1. The molecule has 1 fully saturated rings. The van der Waals surface area contributed by atoms with Gasteiger partial charge in [0, 0.05) is 35.6 Å². The summed E-state index contributed by atoms with van der Waals surface area (Å²) in [4.78, 5) is 18.2. The lowest BCUT2D eigenvalue weighted by atomic mass is 9.93. The first-order chi connectivity index (χ1) is 13.1. The molecule has 2 heterocycles. The van der Waals surface area contributed by atoms with Gasteiger partial charge < -0.3 is 14.6 Å². The molecule has 27 heavy (non-hydrogen) atoms. The Kier molecular flexibility index (Phi) is 4.88. The zero-order valence-electron chi connectivity index (χ0n) is 16.0. The number of rotatable bonds is 4. The maximum absolute atomic E-state index is 12.6. The molecule has 1 aliphatic rings. The number of fused-ring (bicyclic) bond motifs is 1. The normalized spacial score (nSPS) is 15.3. The summed E-state index contributed by atoms with van der Waals surface area (Å²) >= 11 is 0. The van der Waals surface area contributed by atoms with Gasteiger partial charge in [-0.05, 0) is 49.6 Å². The van der Waals surface area contributed by atoms with E-state index in [2.05, 4.69) is 42.2 Å². The predicted molar refractivity (Wildman–Crippen MR) is 108 cm³/mol. The molecule has 2 aromatic carbocycles. The van der Waals surface area contributed by atoms with Gasteiger partial charge in [0.25, 0.3) is 0 Å². The van der Waals surface area contributed by atoms with Crippen LogP contribution in [0.3, 0.4) is 0 Å². The average Bonchev–Trinajstić information content (AvgIpc) is 3.11. The standard InChI is InChI=1S/C23H26N2O2/c1-16-4-3-5-17(12-16)13-23(26)25-10-8-18(9-11-25)22-15-19-14-20(27-2)6-7-21(19)24-22/h3-7,12,14-15,18,24H,8-11,13H2,1-2H3. The minimum Gasteiger partial charge on any atom is -0.497 e. The molecule has 3 aromatic rings. The van der Waals surface area contributed by atoms with Crippen LogP contribution in [0, 0.1) is 6.92 Å². The van der Waals surface area contributed by atoms with E-state index in [0.717, 1.165) is 42.8 Å². The topological polar surface area (TPSA) is 45.3 Å². The summed E-state index contributed by atoms with van der Waals surface area (Å²) in [5.74, 6) is 1.59. The fraction of sp³-hybridized carbons (Fsp3) is 0.348. The number of benzene rings is 2. The quantitative estimate of drug-likeness (QED) is 0.746. The second-order valence-electron chi connectivity index (χ2n) is 7.50. The number of hydrogen-bond acceptors (Lipinski definition) is 2. The molecule has 0 bridgehead atoms. The molecule has 1 aliphatic heterocycles. The smallest absolute Gasteiger partial charge is 0.226 e. The van der Waals surface area contributed by atoms with Crippen LogP contribution >= 0.6 is 0 Å². The molecule has 0 spiro atoms. The van der Waals surface area contributed by atoms with Gasteiger partial charge in [-0.1, -0.05) is 29.8 Å². The van der Waals surface area contributed by atoms with Crippen molar-refractivity contribution in [1.82, 2.24) is 9.88 Å². The second-order valence-corrected chi connectivity index (χ2v) is 7.50. The lowest BCUT2D eigenvalue weighted by Gasteiger charge is -2.31. The van der Waals surface area contributed by atoms with Crippen LogP contribution in [-0.4, -0.2) is 36.0 Å². The van der Waals surface area contributed by atoms with E-state index in [-0.39, 0.29) is 5.91 Å². The van der Waals surface area contributed by atoms with E-state index in [1.807, 2.05) is 23.1 Å². The Hall–Kier alpha value is -2.75. The third-order valence-corrected chi connectivity index (χ3v) is 5.57. The minimum absolute atomic E-state index is 0.237. The van der Waals surface area contributed by atoms with E-state index < -0.39 is 0 Å². The average molecular weight is 362 g/mol. The van der Waals surface area contributed by atoms with Crippen LogP contribution < -0.4 is 4.74 Å². The largest absolute Gasteiger partial charge is 0.497 e. The summed E-state index contributed by atoms with van der Waals surface area (Å²) in [7, 11) is 1.69. The van der Waals surface area contributed by atoms with Gasteiger partial charge in [-0.2, -0.15) is 0 Å². The number of aromatic nitrogens is 1. The summed E-state index contributed by atoms with van der Waals surface area (Å²) in [6.45, 7) is 3.72. The van der Waals surface area contributed by atoms with Crippen molar-refractivity contribution < 1.29 is 9.53 Å². The Balaban J connectivity index is 1.39. The fourth-order valence-corrected chi connectivity index (χ4v) is 4.03. The van der Waals surface area contributed by atoms with Crippen molar-refractivity contribution in [3.63, 3.8) is 0 Å². The number of nitrogens with one attached hydrogen (secondary N) is 1. The molecular formula is C23H26N2O2. The Labute approximate surface area is 160 Å². The number of likely N-dealkylation sites (tertiary alicyclic amines) is 1. The number of ether oxygens (including phenoxy) is 1. The summed E-state index contributed by atoms with van der Waals surface area (Å²) < 4.78 is 5.32. The Morgan fingerprint density at radius 2 is 1.96 bits per heavy atom. The van der Waals surface area contributed by atoms with Gasteiger partial charge in [0.1, 0.15) is 5.75 Å². The van der Waals surface area contributed by atoms with Crippen molar-refractivity contribution in [2.24, 2.45) is 0 Å². The molecule has 0 unspecified atom stereocenters. The number of aryl methyl sites for hydroxylation is 1. The summed E-state index contributed by atoms with van der Waals surface area (Å²) in [5, 5.41) is 1.18. The zero-order valence-corrected chi connectivity index (χ0v) is 16.0. The van der Waals surface area contributed by atoms with E-state index in [1.54, 1.807) is 7.11 Å². The number of amides is 1. The summed E-state index contributed by atoms with van der Waals surface area (Å²) in [5.41, 5.74) is 4.72. The maximum atomic E-state index is 12.6. The first-order valence-electron chi connectivity index (χ1n) is 9.62. The number of piperidine rings is 1. The van der Waals surface area contributed by atoms with Gasteiger partial charge in [0.15, 0.2) is 0 Å². The fourth-order valence-electron chi connectivity index (χ4n) is 4.03. The predicted octanol–water partition coefficient (Wildman–Crippen LogP) is 4.43. The zero-order chi connectivity index (χ0) is 18.8. The monoisotopic (exact) mass is 362 g/mol. The van der Waals surface area contributed by atoms with Crippen molar-refractivity contribution in [3.05, 3.63) is 65.4 Å². The SMILES string of the molecule is COc1ccc2[nH]c(C3CCN(C(=O)Cc4cccc(C)c4)CC3)cc2c1. The highest BCUT2D eigenvalue weighted by Crippen LogP contribution is 2.31. The molecule has 0 aliphatic carbocycles. The molecule has 0 radical (unpaired) electrons. The van der Waals surface area contributed by atoms with Crippen molar-refractivity contribution in [2.45, 2.75) is 32.1 Å². The highest BCUT2D eigenvalue weighted by atomic mass is 16.5. The Bertz CT molecular complexity index is 952. The van der Waals surface area contributed by atoms with Crippen molar-refractivity contribution >= 4 is 16.8 Å². The number of nitrogens with zero attached hydrogens (tertiary/aromatic N) is 1. The molecule has 140 valence electrons. The third kappa shape index (κ3) is 3.85. The molecule has 1 aromatic heterocycles. The lowest BCUT2D eigenvalue weighted by molar-refractivity contribution is -0.131. The van der Waals surface area contributed by atoms with Crippen molar-refractivity contribution in [1.29, 1.82) is 0 Å². The summed E-state index contributed by atoms with van der Waals surface area (Å²) in [6, 6.07) is 16.6. The molecule has 0 saturated carbocycles. The van der Waals surface area contributed by atoms with Crippen LogP contribution in [-0.2, 0) is 11.2 Å². The van der Waals surface area contributed by atoms with Gasteiger partial charge in [-0.15, -0.1) is 0 Å². The van der Waals surface area contributed by atoms with E-state index >= 15 is 0 Å². The van der Waals surface area contributed by atoms with Crippen LogP contribution in [0.1, 0.15) is 35.6 Å². The minimum atomic E-state index is 0.237. The highest BCUT2D eigenvalue weighted by molar-refractivity contribution is 5.82. The van der Waals surface area contributed by atoms with Gasteiger partial charge in [0.05, 0.1) is 13.5 Å². The molecule has 1 N–H and O–H groups in total. The van der Waals surface area contributed by atoms with Gasteiger partial charge in [0.2, 0.25) is 5.91 Å². The third-order valence-electron chi connectivity index (χ3n) is 5.57. The maximum Gasteiger partial charge on any atom is 0.226 e. The van der Waals surface area contributed by atoms with E-state index in [9.17, 15) is 4.79 Å². The molecular weight excluding hydrogens is 336 g/mol. The van der Waals surface area contributed by atoms with Gasteiger partial charge in [-0.3, -0.25) is 4.79 Å². The number of carbonyl (C=O) groups is 1. The molecule has 1 amide bonds. The van der Waals surface area contributed by atoms with E-state index in [4.69, 9.17) is 4.74 Å². The van der Waals surface area contributed by atoms with Crippen LogP contribution in [0.4, 0.5) is 0 Å². The highest BCUT2D eigenvalue weighted by Gasteiger charge is 2.25. The van der Waals surface area contributed by atoms with Crippen molar-refractivity contribution in [3.8, 4) is 5.75 Å². The van der Waals surface area contributed by atoms with Crippen LogP contribution in [0.5, 0.6) is 5.75 Å². The lowest BCUT2D eigenvalue weighted by Crippen LogP contribution is -2.38. The Morgan fingerprint density at radius 3 is 2.70 bits per heavy atom. The number of methoxy groups -OCH3 is 1. The molecule has 4 nitrogen and oxygen atoms in total. The van der Waals surface area contributed by atoms with E-state index in [0.29, 0.717) is 12.3 Å². The van der Waals surface area contributed by atoms with Crippen LogP contribution in [0.15, 0.2) is 48.5 Å². The van der Waals surface area contributed by atoms with Gasteiger partial charge >= 0.3 is 0 Å². The molecule has 1 saturated heterocycles. The number of H-pyrrole nitrogens is 1. The molecule has 4 heteroatoms. The van der Waals surface area contributed by atoms with Crippen LogP contribution in [0.2, 0.25) is 0 Å². The Morgan fingerprint density at radius 1 is 1.15 bits per heavy atom. The summed E-state index contributed by atoms with van der Waals surface area (Å²) in [6.07, 6.45) is 2.51. The first kappa shape index (κ1) is 17.7. The van der Waals surface area contributed by atoms with E-state index in [1.165, 1.54) is 16.6 Å². The number of aromatic amines is 1. The second kappa shape index (κ2) is 7.47. The molecule has 4 rings (SSSR count).